The van der Waals surface area contributed by atoms with Crippen molar-refractivity contribution in [2.45, 2.75) is 0 Å². The molecule has 164 valence electrons. The van der Waals surface area contributed by atoms with E-state index in [1.165, 1.54) is 22.0 Å². The molecule has 0 radical (unpaired) electrons. The summed E-state index contributed by atoms with van der Waals surface area (Å²) < 4.78 is 16.1. The minimum absolute atomic E-state index is 0.197. The van der Waals surface area contributed by atoms with Gasteiger partial charge in [-0.15, -0.1) is 0 Å². The molecule has 0 aliphatic carbocycles. The molecule has 0 bridgehead atoms. The maximum Gasteiger partial charge on any atom is -0.0134 e. The standard InChI is InChI=1S/C18H15P.C12H6F.Au/c1-4-10-16(11-5-1)19(17-12-6-2-7-13-17)18-14-8-3-9-15-18;1-2-9-7-8-12(13)11-6-4-3-5-10(9)11;/h1-15H;3-8H;. The fourth-order valence-electron chi connectivity index (χ4n) is 3.59. The van der Waals surface area contributed by atoms with E-state index in [0.717, 1.165) is 10.9 Å². The predicted molar refractivity (Wildman–Crippen MR) is 136 cm³/mol. The molecule has 0 aromatic heterocycles. The Morgan fingerprint density at radius 1 is 0.515 bits per heavy atom. The Balaban J connectivity index is 0.000000165. The molecule has 0 heterocycles. The largest absolute Gasteiger partial charge is 0.0622 e. The van der Waals surface area contributed by atoms with E-state index in [9.17, 15) is 4.39 Å². The number of rotatable bonds is 3. The summed E-state index contributed by atoms with van der Waals surface area (Å²) >= 11 is 2.15. The van der Waals surface area contributed by atoms with Gasteiger partial charge in [0.05, 0.1) is 0 Å². The molecule has 0 saturated carbocycles. The van der Waals surface area contributed by atoms with E-state index in [1.54, 1.807) is 12.1 Å². The zero-order chi connectivity index (χ0) is 22.9. The first-order valence-corrected chi connectivity index (χ1v) is 12.9. The zero-order valence-corrected chi connectivity index (χ0v) is 20.8. The summed E-state index contributed by atoms with van der Waals surface area (Å²) in [4.78, 5) is 0. The second-order valence-electron chi connectivity index (χ2n) is 7.18. The molecular formula is C30H21AuFP. The van der Waals surface area contributed by atoms with Crippen LogP contribution in [0.4, 0.5) is 4.39 Å². The number of fused-ring (bicyclic) bond motifs is 1. The van der Waals surface area contributed by atoms with Crippen molar-refractivity contribution >= 4 is 34.6 Å². The molecule has 33 heavy (non-hydrogen) atoms. The third-order valence-electron chi connectivity index (χ3n) is 5.09. The summed E-state index contributed by atoms with van der Waals surface area (Å²) in [5.41, 5.74) is 0.865. The first kappa shape index (κ1) is 23.2. The van der Waals surface area contributed by atoms with E-state index in [0.29, 0.717) is 5.39 Å². The molecule has 0 spiro atoms. The fraction of sp³-hybridized carbons (Fsp3) is 0. The van der Waals surface area contributed by atoms with Gasteiger partial charge in [-0.3, -0.25) is 0 Å². The van der Waals surface area contributed by atoms with Crippen molar-refractivity contribution < 1.29 is 25.5 Å². The molecule has 0 fully saturated rings. The van der Waals surface area contributed by atoms with Crippen molar-refractivity contribution in [3.05, 3.63) is 139 Å². The molecule has 0 nitrogen and oxygen atoms in total. The van der Waals surface area contributed by atoms with Crippen molar-refractivity contribution in [1.29, 1.82) is 0 Å². The van der Waals surface area contributed by atoms with Crippen LogP contribution < -0.4 is 15.9 Å². The quantitative estimate of drug-likeness (QED) is 0.126. The monoisotopic (exact) mass is 628 g/mol. The van der Waals surface area contributed by atoms with Gasteiger partial charge in [-0.1, -0.05) is 91.0 Å². The van der Waals surface area contributed by atoms with Gasteiger partial charge in [-0.05, 0) is 23.8 Å². The Morgan fingerprint density at radius 3 is 1.39 bits per heavy atom. The SMILES string of the molecule is Fc1ccc(C#[C][Au])c2ccccc12.c1ccc(P(c2ccccc2)c2ccccc2)cc1. The van der Waals surface area contributed by atoms with E-state index < -0.39 is 7.92 Å². The minimum atomic E-state index is -0.446. The van der Waals surface area contributed by atoms with Gasteiger partial charge in [0, 0.05) is 0 Å². The molecule has 0 aliphatic rings. The van der Waals surface area contributed by atoms with Crippen LogP contribution in [0.15, 0.2) is 127 Å². The van der Waals surface area contributed by atoms with Crippen molar-refractivity contribution in [1.82, 2.24) is 0 Å². The Hall–Kier alpha value is -2.98. The summed E-state index contributed by atoms with van der Waals surface area (Å²) in [6.45, 7) is 0. The minimum Gasteiger partial charge on any atom is -0.0622 e. The zero-order valence-electron chi connectivity index (χ0n) is 17.8. The van der Waals surface area contributed by atoms with Crippen LogP contribution in [0.2, 0.25) is 0 Å². The van der Waals surface area contributed by atoms with Crippen molar-refractivity contribution in [2.75, 3.05) is 0 Å². The van der Waals surface area contributed by atoms with Gasteiger partial charge in [0.15, 0.2) is 0 Å². The van der Waals surface area contributed by atoms with Crippen molar-refractivity contribution in [3.8, 4) is 10.1 Å². The summed E-state index contributed by atoms with van der Waals surface area (Å²) in [5.74, 6) is 2.74. The van der Waals surface area contributed by atoms with Crippen LogP contribution in [-0.4, -0.2) is 0 Å². The molecule has 0 unspecified atom stereocenters. The number of hydrogen-bond donors (Lipinski definition) is 0. The smallest absolute Gasteiger partial charge is 0.0134 e. The average Bonchev–Trinajstić information content (AvgIpc) is 2.89. The molecule has 0 atom stereocenters. The van der Waals surface area contributed by atoms with Gasteiger partial charge >= 0.3 is 94.1 Å². The van der Waals surface area contributed by atoms with Crippen LogP contribution in [0.3, 0.4) is 0 Å². The maximum atomic E-state index is 13.4. The van der Waals surface area contributed by atoms with Crippen LogP contribution in [0.25, 0.3) is 10.8 Å². The van der Waals surface area contributed by atoms with Gasteiger partial charge in [0.1, 0.15) is 0 Å². The fourth-order valence-corrected chi connectivity index (χ4v) is 6.19. The molecule has 0 N–H and O–H groups in total. The first-order valence-electron chi connectivity index (χ1n) is 10.5. The van der Waals surface area contributed by atoms with E-state index in [1.807, 2.05) is 18.2 Å². The Kier molecular flexibility index (Phi) is 8.26. The van der Waals surface area contributed by atoms with Gasteiger partial charge in [-0.2, -0.15) is 0 Å². The van der Waals surface area contributed by atoms with Gasteiger partial charge in [0.25, 0.3) is 0 Å². The van der Waals surface area contributed by atoms with Crippen LogP contribution in [0.1, 0.15) is 5.56 Å². The molecule has 5 aromatic rings. The van der Waals surface area contributed by atoms with E-state index in [-0.39, 0.29) is 5.82 Å². The molecule has 0 amide bonds. The summed E-state index contributed by atoms with van der Waals surface area (Å²) in [7, 11) is -0.446. The first-order chi connectivity index (χ1) is 16.3. The number of benzene rings is 5. The van der Waals surface area contributed by atoms with E-state index >= 15 is 0 Å². The van der Waals surface area contributed by atoms with Gasteiger partial charge in [-0.25, -0.2) is 0 Å². The summed E-state index contributed by atoms with van der Waals surface area (Å²) in [6.07, 6.45) is 0. The topological polar surface area (TPSA) is 0 Å². The van der Waals surface area contributed by atoms with E-state index in [2.05, 4.69) is 122 Å². The number of halogens is 1. The Labute approximate surface area is 208 Å². The molecule has 5 aromatic carbocycles. The molecule has 3 heteroatoms. The van der Waals surface area contributed by atoms with E-state index in [4.69, 9.17) is 0 Å². The Morgan fingerprint density at radius 2 is 0.939 bits per heavy atom. The molecule has 0 aliphatic heterocycles. The van der Waals surface area contributed by atoms with Crippen molar-refractivity contribution in [3.63, 3.8) is 0 Å². The third-order valence-corrected chi connectivity index (χ3v) is 7.80. The van der Waals surface area contributed by atoms with Gasteiger partial charge < -0.3 is 0 Å². The molecule has 0 saturated heterocycles. The van der Waals surface area contributed by atoms with Crippen LogP contribution in [-0.2, 0) is 21.1 Å². The normalized spacial score (nSPS) is 10.2. The second-order valence-corrected chi connectivity index (χ2v) is 9.94. The molecule has 5 rings (SSSR count). The maximum absolute atomic E-state index is 13.4. The predicted octanol–water partition coefficient (Wildman–Crippen LogP) is 6.28. The Bertz CT molecular complexity index is 1280. The average molecular weight is 628 g/mol. The van der Waals surface area contributed by atoms with Crippen molar-refractivity contribution in [2.24, 2.45) is 0 Å². The summed E-state index contributed by atoms with van der Waals surface area (Å²) in [6, 6.07) is 42.8. The summed E-state index contributed by atoms with van der Waals surface area (Å²) in [5, 5.41) is 5.69. The number of hydrogen-bond acceptors (Lipinski definition) is 0. The van der Waals surface area contributed by atoms with Crippen LogP contribution >= 0.6 is 7.92 Å². The third kappa shape index (κ3) is 5.88. The van der Waals surface area contributed by atoms with Crippen LogP contribution in [0.5, 0.6) is 0 Å². The van der Waals surface area contributed by atoms with Gasteiger partial charge in [0.2, 0.25) is 0 Å². The molecular weight excluding hydrogens is 607 g/mol. The van der Waals surface area contributed by atoms with Crippen LogP contribution in [0, 0.1) is 15.9 Å². The second kappa shape index (κ2) is 11.8.